The van der Waals surface area contributed by atoms with E-state index in [1.165, 1.54) is 0 Å². The summed E-state index contributed by atoms with van der Waals surface area (Å²) in [5.74, 6) is 1.35. The Morgan fingerprint density at radius 3 is 2.20 bits per heavy atom. The average molecular weight is 371 g/mol. The van der Waals surface area contributed by atoms with Crippen LogP contribution in [-0.2, 0) is 0 Å². The highest BCUT2D eigenvalue weighted by molar-refractivity contribution is 6.36. The van der Waals surface area contributed by atoms with Crippen molar-refractivity contribution in [3.63, 3.8) is 0 Å². The highest BCUT2D eigenvalue weighted by Crippen LogP contribution is 2.36. The Balaban J connectivity index is 1.83. The summed E-state index contributed by atoms with van der Waals surface area (Å²) in [5.41, 5.74) is 1.36. The molecule has 0 aliphatic rings. The van der Waals surface area contributed by atoms with Gasteiger partial charge in [0.25, 0.3) is 5.89 Å². The molecule has 0 saturated heterocycles. The minimum absolute atomic E-state index is 0.326. The molecule has 4 aromatic rings. The second kappa shape index (κ2) is 6.39. The monoisotopic (exact) mass is 370 g/mol. The van der Waals surface area contributed by atoms with Crippen molar-refractivity contribution in [2.45, 2.75) is 0 Å². The third-order valence-electron chi connectivity index (χ3n) is 3.88. The molecule has 6 heteroatoms. The third-order valence-corrected chi connectivity index (χ3v) is 4.43. The highest BCUT2D eigenvalue weighted by atomic mass is 35.5. The largest absolute Gasteiger partial charge is 0.496 e. The van der Waals surface area contributed by atoms with Gasteiger partial charge in [-0.2, -0.15) is 0 Å². The fourth-order valence-corrected chi connectivity index (χ4v) is 3.15. The van der Waals surface area contributed by atoms with Gasteiger partial charge in [-0.05, 0) is 41.1 Å². The molecule has 0 aliphatic heterocycles. The fraction of sp³-hybridized carbons (Fsp3) is 0.0526. The maximum Gasteiger partial charge on any atom is 0.251 e. The topological polar surface area (TPSA) is 48.2 Å². The number of hydrogen-bond donors (Lipinski definition) is 0. The highest BCUT2D eigenvalue weighted by Gasteiger charge is 2.17. The number of aromatic nitrogens is 2. The normalized spacial score (nSPS) is 11.0. The van der Waals surface area contributed by atoms with Crippen LogP contribution in [0.3, 0.4) is 0 Å². The van der Waals surface area contributed by atoms with E-state index in [2.05, 4.69) is 10.2 Å². The summed E-state index contributed by atoms with van der Waals surface area (Å²) >= 11 is 12.2. The summed E-state index contributed by atoms with van der Waals surface area (Å²) in [6.45, 7) is 0. The molecule has 25 heavy (non-hydrogen) atoms. The van der Waals surface area contributed by atoms with Gasteiger partial charge in [0.15, 0.2) is 0 Å². The number of nitrogens with zero attached hydrogens (tertiary/aromatic N) is 2. The zero-order valence-electron chi connectivity index (χ0n) is 13.2. The van der Waals surface area contributed by atoms with Crippen molar-refractivity contribution in [1.82, 2.24) is 10.2 Å². The predicted octanol–water partition coefficient (Wildman–Crippen LogP) is 5.87. The molecule has 0 bridgehead atoms. The quantitative estimate of drug-likeness (QED) is 0.452. The fourth-order valence-electron chi connectivity index (χ4n) is 2.66. The maximum absolute atomic E-state index is 6.22. The second-order valence-corrected chi connectivity index (χ2v) is 6.28. The predicted molar refractivity (Wildman–Crippen MR) is 99.2 cm³/mol. The summed E-state index contributed by atoms with van der Waals surface area (Å²) in [7, 11) is 1.61. The van der Waals surface area contributed by atoms with Crippen molar-refractivity contribution in [2.24, 2.45) is 0 Å². The lowest BCUT2D eigenvalue weighted by molar-refractivity contribution is 0.415. The van der Waals surface area contributed by atoms with E-state index in [0.717, 1.165) is 16.3 Å². The van der Waals surface area contributed by atoms with Gasteiger partial charge in [0.05, 0.1) is 23.3 Å². The van der Waals surface area contributed by atoms with Gasteiger partial charge in [0.1, 0.15) is 5.75 Å². The van der Waals surface area contributed by atoms with E-state index in [-0.39, 0.29) is 0 Å². The number of methoxy groups -OCH3 is 1. The Bertz CT molecular complexity index is 1080. The Morgan fingerprint density at radius 2 is 1.52 bits per heavy atom. The van der Waals surface area contributed by atoms with Gasteiger partial charge >= 0.3 is 0 Å². The van der Waals surface area contributed by atoms with Crippen LogP contribution in [0.1, 0.15) is 0 Å². The molecule has 0 fully saturated rings. The number of hydrogen-bond acceptors (Lipinski definition) is 4. The van der Waals surface area contributed by atoms with Gasteiger partial charge in [-0.25, -0.2) is 0 Å². The van der Waals surface area contributed by atoms with Crippen LogP contribution >= 0.6 is 23.2 Å². The lowest BCUT2D eigenvalue weighted by atomic mass is 10.1. The third kappa shape index (κ3) is 2.95. The van der Waals surface area contributed by atoms with Gasteiger partial charge in [0.2, 0.25) is 5.89 Å². The number of benzene rings is 3. The first-order valence-corrected chi connectivity index (χ1v) is 8.27. The van der Waals surface area contributed by atoms with Gasteiger partial charge in [0, 0.05) is 5.02 Å². The van der Waals surface area contributed by atoms with Crippen molar-refractivity contribution in [1.29, 1.82) is 0 Å². The first-order chi connectivity index (χ1) is 12.2. The van der Waals surface area contributed by atoms with E-state index in [4.69, 9.17) is 32.4 Å². The van der Waals surface area contributed by atoms with E-state index in [1.54, 1.807) is 25.3 Å². The Morgan fingerprint density at radius 1 is 0.840 bits per heavy atom. The molecule has 3 aromatic carbocycles. The van der Waals surface area contributed by atoms with Crippen molar-refractivity contribution >= 4 is 34.0 Å². The molecule has 0 atom stereocenters. The molecule has 124 valence electrons. The Labute approximate surface area is 154 Å². The molecular formula is C19H12Cl2N2O2. The molecule has 4 rings (SSSR count). The van der Waals surface area contributed by atoms with Crippen LogP contribution in [0.5, 0.6) is 5.75 Å². The van der Waals surface area contributed by atoms with Crippen LogP contribution in [-0.4, -0.2) is 17.3 Å². The van der Waals surface area contributed by atoms with Gasteiger partial charge in [-0.15, -0.1) is 10.2 Å². The first-order valence-electron chi connectivity index (χ1n) is 7.52. The molecule has 0 saturated carbocycles. The summed E-state index contributed by atoms with van der Waals surface area (Å²) in [6.07, 6.45) is 0. The van der Waals surface area contributed by atoms with Crippen molar-refractivity contribution < 1.29 is 9.15 Å². The van der Waals surface area contributed by atoms with Crippen molar-refractivity contribution in [2.75, 3.05) is 7.11 Å². The number of halogens is 2. The number of fused-ring (bicyclic) bond motifs is 1. The average Bonchev–Trinajstić information content (AvgIpc) is 3.10. The number of rotatable bonds is 3. The summed E-state index contributed by atoms with van der Waals surface area (Å²) in [4.78, 5) is 0. The smallest absolute Gasteiger partial charge is 0.251 e. The second-order valence-electron chi connectivity index (χ2n) is 5.44. The van der Waals surface area contributed by atoms with E-state index in [1.807, 2.05) is 36.4 Å². The summed E-state index contributed by atoms with van der Waals surface area (Å²) < 4.78 is 11.3. The van der Waals surface area contributed by atoms with Crippen LogP contribution in [0.2, 0.25) is 10.0 Å². The molecule has 0 radical (unpaired) electrons. The molecule has 1 heterocycles. The van der Waals surface area contributed by atoms with Gasteiger partial charge < -0.3 is 9.15 Å². The van der Waals surface area contributed by atoms with E-state index < -0.39 is 0 Å². The molecule has 0 N–H and O–H groups in total. The van der Waals surface area contributed by atoms with E-state index in [0.29, 0.717) is 33.1 Å². The molecule has 0 aliphatic carbocycles. The lowest BCUT2D eigenvalue weighted by Crippen LogP contribution is -1.89. The Hall–Kier alpha value is -2.56. The standard InChI is InChI=1S/C19H12Cl2N2O2/c1-24-17-9-12-5-3-2-4-11(12)8-15(17)19-23-22-18(25-19)14-7-6-13(20)10-16(14)21/h2-10H,1H3. The van der Waals surface area contributed by atoms with E-state index >= 15 is 0 Å². The van der Waals surface area contributed by atoms with E-state index in [9.17, 15) is 0 Å². The van der Waals surface area contributed by atoms with Crippen LogP contribution in [0.4, 0.5) is 0 Å². The van der Waals surface area contributed by atoms with Gasteiger partial charge in [-0.1, -0.05) is 47.5 Å². The van der Waals surface area contributed by atoms with Crippen LogP contribution in [0, 0.1) is 0 Å². The number of ether oxygens (including phenoxy) is 1. The summed E-state index contributed by atoms with van der Waals surface area (Å²) in [6, 6.07) is 17.0. The molecule has 1 aromatic heterocycles. The van der Waals surface area contributed by atoms with Gasteiger partial charge in [-0.3, -0.25) is 0 Å². The van der Waals surface area contributed by atoms with Crippen molar-refractivity contribution in [3.05, 3.63) is 64.6 Å². The van der Waals surface area contributed by atoms with Crippen LogP contribution < -0.4 is 4.74 Å². The zero-order chi connectivity index (χ0) is 17.4. The Kier molecular flexibility index (Phi) is 4.07. The first kappa shape index (κ1) is 15.9. The molecule has 4 nitrogen and oxygen atoms in total. The minimum Gasteiger partial charge on any atom is -0.496 e. The lowest BCUT2D eigenvalue weighted by Gasteiger charge is -2.07. The van der Waals surface area contributed by atoms with Crippen molar-refractivity contribution in [3.8, 4) is 28.7 Å². The zero-order valence-corrected chi connectivity index (χ0v) is 14.7. The minimum atomic E-state index is 0.326. The van der Waals surface area contributed by atoms with Crippen LogP contribution in [0.25, 0.3) is 33.7 Å². The maximum atomic E-state index is 6.22. The molecular weight excluding hydrogens is 359 g/mol. The molecule has 0 spiro atoms. The summed E-state index contributed by atoms with van der Waals surface area (Å²) in [5, 5.41) is 11.4. The van der Waals surface area contributed by atoms with Crippen LogP contribution in [0.15, 0.2) is 59.0 Å². The molecule has 0 amide bonds. The SMILES string of the molecule is COc1cc2ccccc2cc1-c1nnc(-c2ccc(Cl)cc2Cl)o1. The molecule has 0 unspecified atom stereocenters.